The van der Waals surface area contributed by atoms with Crippen LogP contribution >= 0.6 is 0 Å². The molecule has 0 radical (unpaired) electrons. The molecule has 2 aromatic rings. The van der Waals surface area contributed by atoms with Crippen LogP contribution in [0.25, 0.3) is 0 Å². The Bertz CT molecular complexity index is 1230. The quantitative estimate of drug-likeness (QED) is 0.444. The molecule has 0 bridgehead atoms. The molecule has 1 aromatic heterocycles. The second-order valence-electron chi connectivity index (χ2n) is 10.1. The molecule has 2 unspecified atom stereocenters. The Labute approximate surface area is 226 Å². The Morgan fingerprint density at radius 1 is 1.15 bits per heavy atom. The molecule has 3 rings (SSSR count). The van der Waals surface area contributed by atoms with Gasteiger partial charge < -0.3 is 20.3 Å². The summed E-state index contributed by atoms with van der Waals surface area (Å²) >= 11 is 0. The number of aromatic nitrogens is 3. The van der Waals surface area contributed by atoms with Crippen molar-refractivity contribution in [2.75, 3.05) is 13.6 Å². The lowest BCUT2D eigenvalue weighted by Crippen LogP contribution is -2.55. The first kappa shape index (κ1) is 29.5. The topological polar surface area (TPSA) is 136 Å². The van der Waals surface area contributed by atoms with Gasteiger partial charge in [-0.1, -0.05) is 50.3 Å². The number of carbonyl (C=O) groups excluding carboxylic acids is 4. The van der Waals surface area contributed by atoms with Crippen molar-refractivity contribution in [1.82, 2.24) is 30.5 Å². The van der Waals surface area contributed by atoms with Gasteiger partial charge in [0.2, 0.25) is 17.7 Å². The largest absolute Gasteiger partial charge is 0.454 e. The predicted molar refractivity (Wildman–Crippen MR) is 139 cm³/mol. The molecule has 2 N–H and O–H groups in total. The summed E-state index contributed by atoms with van der Waals surface area (Å²) < 4.78 is 20.5. The number of carbonyl (C=O) groups is 4. The summed E-state index contributed by atoms with van der Waals surface area (Å²) in [7, 11) is 1.48. The molecule has 11 nitrogen and oxygen atoms in total. The van der Waals surface area contributed by atoms with Gasteiger partial charge in [0, 0.05) is 19.4 Å². The number of nitrogens with zero attached hydrogens (tertiary/aromatic N) is 4. The number of nitrogens with one attached hydrogen (secondary N) is 2. The number of ether oxygens (including phenoxy) is 1. The summed E-state index contributed by atoms with van der Waals surface area (Å²) in [6, 6.07) is 4.18. The van der Waals surface area contributed by atoms with Gasteiger partial charge in [0.15, 0.2) is 6.10 Å². The zero-order chi connectivity index (χ0) is 28.9. The Balaban J connectivity index is 1.88. The van der Waals surface area contributed by atoms with E-state index in [1.165, 1.54) is 28.8 Å². The van der Waals surface area contributed by atoms with Crippen LogP contribution in [0.5, 0.6) is 0 Å². The summed E-state index contributed by atoms with van der Waals surface area (Å²) in [5, 5.41) is 13.5. The van der Waals surface area contributed by atoms with E-state index in [4.69, 9.17) is 4.74 Å². The Hall–Kier alpha value is -4.09. The first-order chi connectivity index (χ1) is 18.4. The number of benzene rings is 1. The number of hydrogen-bond donors (Lipinski definition) is 2. The third kappa shape index (κ3) is 7.49. The third-order valence-corrected chi connectivity index (χ3v) is 6.67. The van der Waals surface area contributed by atoms with Gasteiger partial charge in [-0.05, 0) is 30.5 Å². The van der Waals surface area contributed by atoms with Crippen LogP contribution in [0.3, 0.4) is 0 Å². The summed E-state index contributed by atoms with van der Waals surface area (Å²) in [5.41, 5.74) is 1.56. The lowest BCUT2D eigenvalue weighted by Gasteiger charge is -2.32. The number of likely N-dealkylation sites (N-methyl/N-ethyl adjacent to an activating group) is 1. The van der Waals surface area contributed by atoms with Crippen LogP contribution in [-0.2, 0) is 30.5 Å². The molecule has 0 spiro atoms. The minimum atomic E-state index is -0.954. The highest BCUT2D eigenvalue weighted by Gasteiger charge is 2.34. The molecule has 0 saturated carbocycles. The first-order valence-electron chi connectivity index (χ1n) is 12.7. The monoisotopic (exact) mass is 542 g/mol. The fourth-order valence-electron chi connectivity index (χ4n) is 4.47. The number of amides is 3. The summed E-state index contributed by atoms with van der Waals surface area (Å²) in [5.74, 6) is -3.31. The van der Waals surface area contributed by atoms with E-state index in [1.807, 2.05) is 0 Å². The van der Waals surface area contributed by atoms with E-state index in [0.717, 1.165) is 5.56 Å². The summed E-state index contributed by atoms with van der Waals surface area (Å²) in [6.45, 7) is 10.7. The van der Waals surface area contributed by atoms with Gasteiger partial charge in [-0.25, -0.2) is 9.07 Å². The molecular weight excluding hydrogens is 507 g/mol. The number of rotatable bonds is 4. The standard InChI is InChI=1S/C27H35FN6O5/c1-15(2)24-26(37)29-12-23(36)39-25(17(4)16(3)11-22(35)30-18(5)27(38)33(24)6)21-14-34(32-31-21)13-19-7-9-20(28)10-8-19/h7-10,14-15,17-18,24-25H,3,11-13H2,1-2,4-6H3,(H,29,37)(H,30,35)/t17-,18+,24?,25?/m1/s1. The van der Waals surface area contributed by atoms with Gasteiger partial charge in [0.05, 0.1) is 12.7 Å². The minimum Gasteiger partial charge on any atom is -0.454 e. The molecule has 12 heteroatoms. The SMILES string of the molecule is C=C1CC(=O)N[C@@H](C)C(=O)N(C)C(C(C)C)C(=O)NCC(=O)OC(c2cn(Cc3ccc(F)cc3)nn2)[C@@H]1C. The lowest BCUT2D eigenvalue weighted by molar-refractivity contribution is -0.152. The second kappa shape index (κ2) is 12.6. The van der Waals surface area contributed by atoms with Crippen molar-refractivity contribution in [2.24, 2.45) is 11.8 Å². The zero-order valence-electron chi connectivity index (χ0n) is 22.8. The van der Waals surface area contributed by atoms with E-state index < -0.39 is 54.3 Å². The van der Waals surface area contributed by atoms with Gasteiger partial charge in [-0.3, -0.25) is 19.2 Å². The van der Waals surface area contributed by atoms with Gasteiger partial charge in [-0.15, -0.1) is 5.10 Å². The maximum Gasteiger partial charge on any atom is 0.326 e. The van der Waals surface area contributed by atoms with Crippen molar-refractivity contribution in [3.63, 3.8) is 0 Å². The van der Waals surface area contributed by atoms with Crippen molar-refractivity contribution >= 4 is 23.7 Å². The van der Waals surface area contributed by atoms with Crippen LogP contribution in [0.15, 0.2) is 42.6 Å². The highest BCUT2D eigenvalue weighted by atomic mass is 19.1. The molecule has 210 valence electrons. The smallest absolute Gasteiger partial charge is 0.326 e. The fourth-order valence-corrected chi connectivity index (χ4v) is 4.47. The average molecular weight is 543 g/mol. The van der Waals surface area contributed by atoms with Crippen molar-refractivity contribution in [3.05, 3.63) is 59.7 Å². The van der Waals surface area contributed by atoms with Crippen LogP contribution < -0.4 is 10.6 Å². The van der Waals surface area contributed by atoms with E-state index in [1.54, 1.807) is 46.0 Å². The van der Waals surface area contributed by atoms with E-state index >= 15 is 0 Å². The highest BCUT2D eigenvalue weighted by Crippen LogP contribution is 2.31. The minimum absolute atomic E-state index is 0.120. The van der Waals surface area contributed by atoms with E-state index in [-0.39, 0.29) is 18.2 Å². The molecule has 1 aliphatic rings. The number of esters is 1. The molecule has 1 saturated heterocycles. The molecule has 2 heterocycles. The molecule has 39 heavy (non-hydrogen) atoms. The van der Waals surface area contributed by atoms with Crippen molar-refractivity contribution in [2.45, 2.75) is 58.8 Å². The molecule has 0 aliphatic carbocycles. The third-order valence-electron chi connectivity index (χ3n) is 6.67. The summed E-state index contributed by atoms with van der Waals surface area (Å²) in [6.07, 6.45) is 0.525. The highest BCUT2D eigenvalue weighted by molar-refractivity contribution is 5.93. The Kier molecular flexibility index (Phi) is 9.55. The van der Waals surface area contributed by atoms with E-state index in [0.29, 0.717) is 17.8 Å². The molecule has 1 fully saturated rings. The zero-order valence-corrected chi connectivity index (χ0v) is 22.8. The average Bonchev–Trinajstić information content (AvgIpc) is 3.33. The van der Waals surface area contributed by atoms with Crippen molar-refractivity contribution in [3.8, 4) is 0 Å². The van der Waals surface area contributed by atoms with Gasteiger partial charge in [-0.2, -0.15) is 0 Å². The van der Waals surface area contributed by atoms with Crippen LogP contribution in [0.4, 0.5) is 4.39 Å². The van der Waals surface area contributed by atoms with Crippen LogP contribution in [0.2, 0.25) is 0 Å². The van der Waals surface area contributed by atoms with Crippen LogP contribution in [0, 0.1) is 17.7 Å². The Morgan fingerprint density at radius 3 is 2.46 bits per heavy atom. The maximum absolute atomic E-state index is 13.3. The molecule has 1 aromatic carbocycles. The van der Waals surface area contributed by atoms with Gasteiger partial charge >= 0.3 is 5.97 Å². The number of hydrogen-bond acceptors (Lipinski definition) is 7. The molecular formula is C27H35FN6O5. The number of halogens is 1. The van der Waals surface area contributed by atoms with Gasteiger partial charge in [0.25, 0.3) is 0 Å². The lowest BCUT2D eigenvalue weighted by atomic mass is 9.92. The maximum atomic E-state index is 13.3. The second-order valence-corrected chi connectivity index (χ2v) is 10.1. The summed E-state index contributed by atoms with van der Waals surface area (Å²) in [4.78, 5) is 52.8. The van der Waals surface area contributed by atoms with E-state index in [2.05, 4.69) is 27.5 Å². The van der Waals surface area contributed by atoms with Gasteiger partial charge in [0.1, 0.15) is 30.1 Å². The fraction of sp³-hybridized carbons (Fsp3) is 0.481. The first-order valence-corrected chi connectivity index (χ1v) is 12.7. The molecule has 4 atom stereocenters. The Morgan fingerprint density at radius 2 is 1.82 bits per heavy atom. The molecule has 3 amide bonds. The molecule has 1 aliphatic heterocycles. The van der Waals surface area contributed by atoms with Crippen molar-refractivity contribution in [1.29, 1.82) is 0 Å². The number of cyclic esters (lactones) is 1. The van der Waals surface area contributed by atoms with Crippen LogP contribution in [0.1, 0.15) is 51.5 Å². The van der Waals surface area contributed by atoms with E-state index in [9.17, 15) is 23.6 Å². The van der Waals surface area contributed by atoms with Crippen molar-refractivity contribution < 1.29 is 28.3 Å². The normalized spacial score (nSPS) is 24.1. The predicted octanol–water partition coefficient (Wildman–Crippen LogP) is 1.75. The van der Waals surface area contributed by atoms with Crippen LogP contribution in [-0.4, -0.2) is 69.3 Å².